The van der Waals surface area contributed by atoms with E-state index in [1.807, 2.05) is 4.90 Å². The van der Waals surface area contributed by atoms with E-state index in [0.717, 1.165) is 38.9 Å². The highest BCUT2D eigenvalue weighted by Gasteiger charge is 2.30. The lowest BCUT2D eigenvalue weighted by atomic mass is 9.81. The first kappa shape index (κ1) is 15.0. The number of nitrogens with zero attached hydrogens (tertiary/aromatic N) is 1. The molecular weight excluding hydrogens is 228 g/mol. The van der Waals surface area contributed by atoms with Gasteiger partial charge < -0.3 is 10.2 Å². The minimum Gasteiger partial charge on any atom is -0.356 e. The molecule has 1 fully saturated rings. The molecule has 0 saturated carbocycles. The molecule has 0 spiro atoms. The fourth-order valence-electron chi connectivity index (χ4n) is 2.67. The molecular formula is C14H26N2O2. The first-order valence-corrected chi connectivity index (χ1v) is 7.10. The van der Waals surface area contributed by atoms with Crippen molar-refractivity contribution in [1.82, 2.24) is 10.2 Å². The van der Waals surface area contributed by atoms with Gasteiger partial charge in [0.15, 0.2) is 0 Å². The number of hydrogen-bond donors (Lipinski definition) is 1. The van der Waals surface area contributed by atoms with Crippen LogP contribution in [0, 0.1) is 11.8 Å². The van der Waals surface area contributed by atoms with E-state index < -0.39 is 0 Å². The lowest BCUT2D eigenvalue weighted by Crippen LogP contribution is -2.44. The second-order valence-corrected chi connectivity index (χ2v) is 5.24. The molecule has 0 aromatic carbocycles. The predicted octanol–water partition coefficient (Wildman–Crippen LogP) is 1.80. The summed E-state index contributed by atoms with van der Waals surface area (Å²) in [5, 5.41) is 2.94. The Balaban J connectivity index is 2.46. The number of rotatable bonds is 5. The van der Waals surface area contributed by atoms with Crippen molar-refractivity contribution < 1.29 is 9.59 Å². The average Bonchev–Trinajstić information content (AvgIpc) is 2.36. The van der Waals surface area contributed by atoms with Crippen molar-refractivity contribution in [3.8, 4) is 0 Å². The quantitative estimate of drug-likeness (QED) is 0.813. The van der Waals surface area contributed by atoms with E-state index in [1.54, 1.807) is 6.92 Å². The normalized spacial score (nSPS) is 23.8. The summed E-state index contributed by atoms with van der Waals surface area (Å²) in [6.07, 6.45) is 3.59. The molecule has 2 atom stereocenters. The van der Waals surface area contributed by atoms with Gasteiger partial charge in [0, 0.05) is 33.0 Å². The monoisotopic (exact) mass is 254 g/mol. The molecule has 4 heteroatoms. The molecule has 4 nitrogen and oxygen atoms in total. The fraction of sp³-hybridized carbons (Fsp3) is 0.857. The maximum absolute atomic E-state index is 11.8. The fourth-order valence-corrected chi connectivity index (χ4v) is 2.67. The first-order valence-electron chi connectivity index (χ1n) is 7.10. The summed E-state index contributed by atoms with van der Waals surface area (Å²) in [6.45, 7) is 8.21. The smallest absolute Gasteiger partial charge is 0.220 e. The zero-order valence-electron chi connectivity index (χ0n) is 11.9. The van der Waals surface area contributed by atoms with Gasteiger partial charge in [-0.3, -0.25) is 9.59 Å². The van der Waals surface area contributed by atoms with Crippen LogP contribution in [0.3, 0.4) is 0 Å². The molecule has 1 aliphatic rings. The van der Waals surface area contributed by atoms with E-state index in [4.69, 9.17) is 0 Å². The van der Waals surface area contributed by atoms with Crippen LogP contribution in [0.2, 0.25) is 0 Å². The Morgan fingerprint density at radius 1 is 1.28 bits per heavy atom. The standard InChI is InChI=1S/C14H26N2O2/c1-4-7-15-14(18)9-13-6-8-16(11(3)17)10-12(13)5-2/h12-13H,4-10H2,1-3H3,(H,15,18). The molecule has 1 saturated heterocycles. The molecule has 104 valence electrons. The van der Waals surface area contributed by atoms with Crippen molar-refractivity contribution in [2.45, 2.75) is 46.5 Å². The lowest BCUT2D eigenvalue weighted by molar-refractivity contribution is -0.132. The van der Waals surface area contributed by atoms with Crippen molar-refractivity contribution in [1.29, 1.82) is 0 Å². The highest BCUT2D eigenvalue weighted by molar-refractivity contribution is 5.76. The van der Waals surface area contributed by atoms with Gasteiger partial charge in [0.2, 0.25) is 11.8 Å². The maximum atomic E-state index is 11.8. The Morgan fingerprint density at radius 3 is 2.56 bits per heavy atom. The van der Waals surface area contributed by atoms with Crippen LogP contribution in [0.5, 0.6) is 0 Å². The van der Waals surface area contributed by atoms with Crippen LogP contribution in [0.4, 0.5) is 0 Å². The van der Waals surface area contributed by atoms with Crippen molar-refractivity contribution in [3.63, 3.8) is 0 Å². The Kier molecular flexibility index (Phi) is 6.16. The highest BCUT2D eigenvalue weighted by Crippen LogP contribution is 2.28. The summed E-state index contributed by atoms with van der Waals surface area (Å²) >= 11 is 0. The van der Waals surface area contributed by atoms with Gasteiger partial charge in [0.05, 0.1) is 0 Å². The van der Waals surface area contributed by atoms with Crippen LogP contribution in [-0.4, -0.2) is 36.3 Å². The van der Waals surface area contributed by atoms with Crippen LogP contribution in [0.1, 0.15) is 46.5 Å². The summed E-state index contributed by atoms with van der Waals surface area (Å²) in [5.74, 6) is 1.22. The zero-order chi connectivity index (χ0) is 13.5. The van der Waals surface area contributed by atoms with E-state index in [0.29, 0.717) is 18.3 Å². The Labute approximate surface area is 110 Å². The van der Waals surface area contributed by atoms with Gasteiger partial charge in [-0.05, 0) is 24.7 Å². The Hall–Kier alpha value is -1.06. The molecule has 0 radical (unpaired) electrons. The van der Waals surface area contributed by atoms with Crippen LogP contribution >= 0.6 is 0 Å². The molecule has 0 aromatic rings. The van der Waals surface area contributed by atoms with Gasteiger partial charge >= 0.3 is 0 Å². The number of carbonyl (C=O) groups is 2. The van der Waals surface area contributed by atoms with Crippen LogP contribution in [-0.2, 0) is 9.59 Å². The molecule has 1 N–H and O–H groups in total. The van der Waals surface area contributed by atoms with Crippen LogP contribution in [0.15, 0.2) is 0 Å². The van der Waals surface area contributed by atoms with Crippen molar-refractivity contribution in [2.24, 2.45) is 11.8 Å². The van der Waals surface area contributed by atoms with Crippen molar-refractivity contribution >= 4 is 11.8 Å². The minimum absolute atomic E-state index is 0.155. The maximum Gasteiger partial charge on any atom is 0.220 e. The molecule has 0 aliphatic carbocycles. The third-order valence-electron chi connectivity index (χ3n) is 3.88. The van der Waals surface area contributed by atoms with Gasteiger partial charge in [0.25, 0.3) is 0 Å². The van der Waals surface area contributed by atoms with Gasteiger partial charge in [-0.25, -0.2) is 0 Å². The average molecular weight is 254 g/mol. The molecule has 2 amide bonds. The van der Waals surface area contributed by atoms with Gasteiger partial charge in [-0.1, -0.05) is 20.3 Å². The number of amides is 2. The first-order chi connectivity index (χ1) is 8.58. The SMILES string of the molecule is CCCNC(=O)CC1CCN(C(C)=O)CC1CC. The number of nitrogens with one attached hydrogen (secondary N) is 1. The third kappa shape index (κ3) is 4.31. The summed E-state index contributed by atoms with van der Waals surface area (Å²) in [5.41, 5.74) is 0. The number of piperidine rings is 1. The molecule has 18 heavy (non-hydrogen) atoms. The van der Waals surface area contributed by atoms with Crippen LogP contribution < -0.4 is 5.32 Å². The van der Waals surface area contributed by atoms with Gasteiger partial charge in [0.1, 0.15) is 0 Å². The molecule has 1 heterocycles. The summed E-state index contributed by atoms with van der Waals surface area (Å²) in [7, 11) is 0. The van der Waals surface area contributed by atoms with E-state index in [2.05, 4.69) is 19.2 Å². The number of hydrogen-bond acceptors (Lipinski definition) is 2. The second-order valence-electron chi connectivity index (χ2n) is 5.24. The van der Waals surface area contributed by atoms with Crippen molar-refractivity contribution in [2.75, 3.05) is 19.6 Å². The largest absolute Gasteiger partial charge is 0.356 e. The molecule has 1 rings (SSSR count). The predicted molar refractivity (Wildman–Crippen MR) is 72.1 cm³/mol. The summed E-state index contributed by atoms with van der Waals surface area (Å²) < 4.78 is 0. The lowest BCUT2D eigenvalue weighted by Gasteiger charge is -2.37. The van der Waals surface area contributed by atoms with E-state index in [9.17, 15) is 9.59 Å². The minimum atomic E-state index is 0.155. The topological polar surface area (TPSA) is 49.4 Å². The van der Waals surface area contributed by atoms with Gasteiger partial charge in [-0.15, -0.1) is 0 Å². The number of carbonyl (C=O) groups excluding carboxylic acids is 2. The molecule has 2 unspecified atom stereocenters. The van der Waals surface area contributed by atoms with E-state index in [1.165, 1.54) is 0 Å². The molecule has 0 bridgehead atoms. The highest BCUT2D eigenvalue weighted by atomic mass is 16.2. The van der Waals surface area contributed by atoms with E-state index in [-0.39, 0.29) is 11.8 Å². The zero-order valence-corrected chi connectivity index (χ0v) is 11.9. The Bertz CT molecular complexity index is 292. The summed E-state index contributed by atoms with van der Waals surface area (Å²) in [4.78, 5) is 25.0. The number of likely N-dealkylation sites (tertiary alicyclic amines) is 1. The Morgan fingerprint density at radius 2 is 2.00 bits per heavy atom. The van der Waals surface area contributed by atoms with Crippen molar-refractivity contribution in [3.05, 3.63) is 0 Å². The molecule has 1 aliphatic heterocycles. The van der Waals surface area contributed by atoms with E-state index >= 15 is 0 Å². The van der Waals surface area contributed by atoms with Crippen LogP contribution in [0.25, 0.3) is 0 Å². The summed E-state index contributed by atoms with van der Waals surface area (Å²) in [6, 6.07) is 0. The van der Waals surface area contributed by atoms with Gasteiger partial charge in [-0.2, -0.15) is 0 Å². The third-order valence-corrected chi connectivity index (χ3v) is 3.88. The molecule has 0 aromatic heterocycles. The second kappa shape index (κ2) is 7.39.